The van der Waals surface area contributed by atoms with Crippen LogP contribution in [0.5, 0.6) is 0 Å². The highest BCUT2D eigenvalue weighted by atomic mass is 79.9. The number of sulfonamides is 1. The summed E-state index contributed by atoms with van der Waals surface area (Å²) in [4.78, 5) is -0.00838. The molecule has 1 aromatic carbocycles. The van der Waals surface area contributed by atoms with Crippen LogP contribution in [-0.2, 0) is 10.0 Å². The van der Waals surface area contributed by atoms with Crippen molar-refractivity contribution in [3.8, 4) is 0 Å². The molecule has 0 radical (unpaired) electrons. The fourth-order valence-electron chi connectivity index (χ4n) is 1.32. The molecule has 0 fully saturated rings. The van der Waals surface area contributed by atoms with Crippen LogP contribution < -0.4 is 10.5 Å². The Labute approximate surface area is 112 Å². The molecule has 0 aliphatic heterocycles. The van der Waals surface area contributed by atoms with E-state index < -0.39 is 10.0 Å². The zero-order chi connectivity index (χ0) is 13.3. The Morgan fingerprint density at radius 1 is 1.39 bits per heavy atom. The number of hydrogen-bond acceptors (Lipinski definition) is 5. The van der Waals surface area contributed by atoms with Gasteiger partial charge in [-0.3, -0.25) is 0 Å². The zero-order valence-corrected chi connectivity index (χ0v) is 11.7. The Kier molecular flexibility index (Phi) is 3.31. The van der Waals surface area contributed by atoms with Crippen LogP contribution in [0.1, 0.15) is 5.69 Å². The number of nitrogens with one attached hydrogen (secondary N) is 1. The van der Waals surface area contributed by atoms with Gasteiger partial charge >= 0.3 is 0 Å². The molecule has 0 spiro atoms. The average Bonchev–Trinajstić information content (AvgIpc) is 2.61. The quantitative estimate of drug-likeness (QED) is 0.839. The van der Waals surface area contributed by atoms with Crippen LogP contribution in [0.4, 0.5) is 11.6 Å². The van der Waals surface area contributed by atoms with E-state index in [0.717, 1.165) is 0 Å². The summed E-state index contributed by atoms with van der Waals surface area (Å²) in [6.45, 7) is 1.68. The maximum Gasteiger partial charge on any atom is 0.266 e. The number of nitrogens with zero attached hydrogens (tertiary/aromatic N) is 1. The van der Waals surface area contributed by atoms with Crippen LogP contribution in [-0.4, -0.2) is 13.6 Å². The summed E-state index contributed by atoms with van der Waals surface area (Å²) < 4.78 is 31.8. The van der Waals surface area contributed by atoms with Crippen molar-refractivity contribution in [2.75, 3.05) is 10.5 Å². The van der Waals surface area contributed by atoms with E-state index in [9.17, 15) is 8.42 Å². The van der Waals surface area contributed by atoms with Crippen molar-refractivity contribution in [2.24, 2.45) is 0 Å². The van der Waals surface area contributed by atoms with Gasteiger partial charge in [0.2, 0.25) is 0 Å². The topological polar surface area (TPSA) is 98.2 Å². The molecule has 6 nitrogen and oxygen atoms in total. The van der Waals surface area contributed by atoms with Crippen LogP contribution in [0.15, 0.2) is 38.2 Å². The van der Waals surface area contributed by atoms with E-state index in [4.69, 9.17) is 10.3 Å². The fraction of sp³-hybridized carbons (Fsp3) is 0.100. The summed E-state index contributed by atoms with van der Waals surface area (Å²) >= 11 is 3.18. The second-order valence-electron chi connectivity index (χ2n) is 3.55. The lowest BCUT2D eigenvalue weighted by atomic mass is 10.3. The third-order valence-electron chi connectivity index (χ3n) is 2.23. The summed E-state index contributed by atoms with van der Waals surface area (Å²) in [6.07, 6.45) is 0. The molecule has 0 saturated carbocycles. The van der Waals surface area contributed by atoms with Crippen molar-refractivity contribution < 1.29 is 12.9 Å². The smallest absolute Gasteiger partial charge is 0.266 e. The molecule has 0 saturated heterocycles. The molecule has 0 aliphatic rings. The number of para-hydroxylation sites is 1. The van der Waals surface area contributed by atoms with Gasteiger partial charge in [-0.1, -0.05) is 17.3 Å². The van der Waals surface area contributed by atoms with Gasteiger partial charge in [-0.25, -0.2) is 13.1 Å². The lowest BCUT2D eigenvalue weighted by molar-refractivity contribution is 0.430. The first-order valence-corrected chi connectivity index (χ1v) is 7.18. The lowest BCUT2D eigenvalue weighted by Crippen LogP contribution is -2.14. The molecule has 0 amide bonds. The maximum absolute atomic E-state index is 12.1. The highest BCUT2D eigenvalue weighted by molar-refractivity contribution is 9.10. The number of rotatable bonds is 3. The first-order chi connectivity index (χ1) is 8.42. The fourth-order valence-corrected chi connectivity index (χ4v) is 2.83. The second-order valence-corrected chi connectivity index (χ2v) is 6.00. The van der Waals surface area contributed by atoms with E-state index in [1.807, 2.05) is 0 Å². The number of aryl methyl sites for hydroxylation is 1. The lowest BCUT2D eigenvalue weighted by Gasteiger charge is -2.07. The monoisotopic (exact) mass is 331 g/mol. The maximum atomic E-state index is 12.1. The number of halogens is 1. The first-order valence-electron chi connectivity index (χ1n) is 4.91. The molecule has 0 unspecified atom stereocenters. The van der Waals surface area contributed by atoms with Gasteiger partial charge in [0.15, 0.2) is 0 Å². The van der Waals surface area contributed by atoms with Crippen LogP contribution in [0.2, 0.25) is 0 Å². The van der Waals surface area contributed by atoms with Gasteiger partial charge in [-0.05, 0) is 35.0 Å². The van der Waals surface area contributed by atoms with Crippen LogP contribution in [0.3, 0.4) is 0 Å². The van der Waals surface area contributed by atoms with Gasteiger partial charge in [-0.2, -0.15) is 0 Å². The van der Waals surface area contributed by atoms with Gasteiger partial charge in [0, 0.05) is 0 Å². The Morgan fingerprint density at radius 3 is 2.61 bits per heavy atom. The first kappa shape index (κ1) is 12.9. The molecule has 18 heavy (non-hydrogen) atoms. The predicted molar refractivity (Wildman–Crippen MR) is 70.6 cm³/mol. The van der Waals surface area contributed by atoms with Crippen molar-refractivity contribution in [1.82, 2.24) is 5.16 Å². The van der Waals surface area contributed by atoms with Crippen molar-refractivity contribution >= 4 is 37.5 Å². The van der Waals surface area contributed by atoms with E-state index in [-0.39, 0.29) is 16.5 Å². The van der Waals surface area contributed by atoms with E-state index in [1.165, 1.54) is 12.1 Å². The molecule has 1 heterocycles. The molecular weight excluding hydrogens is 322 g/mol. The third-order valence-corrected chi connectivity index (χ3v) is 4.57. The molecule has 8 heteroatoms. The highest BCUT2D eigenvalue weighted by Crippen LogP contribution is 2.28. The molecule has 1 aromatic heterocycles. The van der Waals surface area contributed by atoms with E-state index in [2.05, 4.69) is 25.8 Å². The second kappa shape index (κ2) is 4.62. The van der Waals surface area contributed by atoms with Gasteiger partial charge in [-0.15, -0.1) is 0 Å². The van der Waals surface area contributed by atoms with Gasteiger partial charge in [0.25, 0.3) is 15.9 Å². The molecule has 96 valence electrons. The Bertz CT molecular complexity index is 681. The van der Waals surface area contributed by atoms with Crippen LogP contribution >= 0.6 is 15.9 Å². The van der Waals surface area contributed by atoms with E-state index in [0.29, 0.717) is 10.2 Å². The summed E-state index contributed by atoms with van der Waals surface area (Å²) in [6, 6.07) is 6.17. The van der Waals surface area contributed by atoms with Gasteiger partial charge in [0.05, 0.1) is 11.4 Å². The number of anilines is 2. The summed E-state index contributed by atoms with van der Waals surface area (Å²) in [7, 11) is -3.79. The summed E-state index contributed by atoms with van der Waals surface area (Å²) in [5, 5.41) is 3.64. The van der Waals surface area contributed by atoms with Crippen molar-refractivity contribution in [3.63, 3.8) is 0 Å². The zero-order valence-electron chi connectivity index (χ0n) is 9.34. The molecule has 2 aromatic rings. The Morgan fingerprint density at radius 2 is 2.06 bits per heavy atom. The molecule has 0 atom stereocenters. The molecule has 0 bridgehead atoms. The normalized spacial score (nSPS) is 11.4. The van der Waals surface area contributed by atoms with E-state index >= 15 is 0 Å². The van der Waals surface area contributed by atoms with Gasteiger partial charge in [0.1, 0.15) is 9.37 Å². The minimum Gasteiger partial charge on any atom is -0.398 e. The van der Waals surface area contributed by atoms with Crippen molar-refractivity contribution in [1.29, 1.82) is 0 Å². The highest BCUT2D eigenvalue weighted by Gasteiger charge is 2.21. The minimum absolute atomic E-state index is 0.00838. The third kappa shape index (κ3) is 2.34. The largest absolute Gasteiger partial charge is 0.398 e. The van der Waals surface area contributed by atoms with Crippen LogP contribution in [0.25, 0.3) is 0 Å². The Hall–Kier alpha value is -1.54. The van der Waals surface area contributed by atoms with Gasteiger partial charge < -0.3 is 10.3 Å². The average molecular weight is 332 g/mol. The number of hydrogen-bond donors (Lipinski definition) is 2. The predicted octanol–water partition coefficient (Wildman–Crippen LogP) is 2.13. The summed E-state index contributed by atoms with van der Waals surface area (Å²) in [5.74, 6) is 0.0238. The molecule has 2 rings (SSSR count). The van der Waals surface area contributed by atoms with Crippen LogP contribution in [0, 0.1) is 6.92 Å². The number of nitrogens with two attached hydrogens (primary N) is 1. The number of aromatic nitrogens is 1. The molecular formula is C10H10BrN3O3S. The standard InChI is InChI=1S/C10H10BrN3O3S/c1-6-9(11)10(17-13-6)14-18(15,16)8-5-3-2-4-7(8)12/h2-5,14H,12H2,1H3. The van der Waals surface area contributed by atoms with Crippen molar-refractivity contribution in [2.45, 2.75) is 11.8 Å². The molecule has 3 N–H and O–H groups in total. The van der Waals surface area contributed by atoms with Crippen molar-refractivity contribution in [3.05, 3.63) is 34.4 Å². The van der Waals surface area contributed by atoms with E-state index in [1.54, 1.807) is 19.1 Å². The number of benzene rings is 1. The number of nitrogen functional groups attached to an aromatic ring is 1. The Balaban J connectivity index is 2.40. The summed E-state index contributed by atoms with van der Waals surface area (Å²) in [5.41, 5.74) is 6.34. The molecule has 0 aliphatic carbocycles. The minimum atomic E-state index is -3.79. The SMILES string of the molecule is Cc1noc(NS(=O)(=O)c2ccccc2N)c1Br.